The second-order valence-corrected chi connectivity index (χ2v) is 10.1. The molecule has 164 valence electrons. The molecule has 0 fully saturated rings. The first-order valence-electron chi connectivity index (χ1n) is 9.86. The van der Waals surface area contributed by atoms with Crippen LogP contribution in [0.5, 0.6) is 0 Å². The first-order valence-corrected chi connectivity index (χ1v) is 12.2. The summed E-state index contributed by atoms with van der Waals surface area (Å²) < 4.78 is 10.5. The van der Waals surface area contributed by atoms with Crippen molar-refractivity contribution in [1.82, 2.24) is 5.32 Å². The van der Waals surface area contributed by atoms with E-state index in [1.165, 1.54) is 23.1 Å². The summed E-state index contributed by atoms with van der Waals surface area (Å²) in [5.74, 6) is 1.41. The third-order valence-corrected chi connectivity index (χ3v) is 6.53. The first kappa shape index (κ1) is 24.4. The van der Waals surface area contributed by atoms with E-state index in [2.05, 4.69) is 51.2 Å². The van der Waals surface area contributed by atoms with Crippen LogP contribution >= 0.6 is 23.5 Å². The highest BCUT2D eigenvalue weighted by Crippen LogP contribution is 2.31. The molecule has 0 radical (unpaired) electrons. The van der Waals surface area contributed by atoms with Crippen LogP contribution in [0.2, 0.25) is 0 Å². The van der Waals surface area contributed by atoms with Crippen LogP contribution in [0.15, 0.2) is 39.6 Å². The Morgan fingerprint density at radius 1 is 1.20 bits per heavy atom. The molecule has 1 heterocycles. The molecule has 1 N–H and O–H groups in total. The number of ether oxygens (including phenoxy) is 1. The van der Waals surface area contributed by atoms with Crippen molar-refractivity contribution in [2.75, 3.05) is 19.1 Å². The number of nitrogens with one attached hydrogen (secondary N) is 1. The predicted octanol–water partition coefficient (Wildman–Crippen LogP) is 5.20. The summed E-state index contributed by atoms with van der Waals surface area (Å²) in [6.07, 6.45) is 2.46. The number of rotatable bonds is 9. The molecule has 30 heavy (non-hydrogen) atoms. The Kier molecular flexibility index (Phi) is 8.92. The van der Waals surface area contributed by atoms with Gasteiger partial charge < -0.3 is 14.5 Å². The summed E-state index contributed by atoms with van der Waals surface area (Å²) in [7, 11) is 1.32. The molecule has 5 nitrogen and oxygen atoms in total. The molecule has 2 aromatic rings. The highest BCUT2D eigenvalue weighted by atomic mass is 32.2. The van der Waals surface area contributed by atoms with Crippen LogP contribution in [0.25, 0.3) is 0 Å². The van der Waals surface area contributed by atoms with E-state index in [1.54, 1.807) is 35.7 Å². The smallest absolute Gasteiger partial charge is 0.328 e. The van der Waals surface area contributed by atoms with Crippen molar-refractivity contribution < 1.29 is 18.7 Å². The zero-order valence-corrected chi connectivity index (χ0v) is 20.2. The van der Waals surface area contributed by atoms with Gasteiger partial charge in [0.25, 0.3) is 5.91 Å². The Balaban J connectivity index is 2.03. The van der Waals surface area contributed by atoms with Crippen molar-refractivity contribution in [3.63, 3.8) is 0 Å². The van der Waals surface area contributed by atoms with E-state index in [0.29, 0.717) is 17.9 Å². The number of carbonyl (C=O) groups is 2. The van der Waals surface area contributed by atoms with Crippen LogP contribution in [-0.4, -0.2) is 37.0 Å². The van der Waals surface area contributed by atoms with E-state index in [1.807, 2.05) is 6.26 Å². The first-order chi connectivity index (χ1) is 14.2. The van der Waals surface area contributed by atoms with Crippen LogP contribution in [0.4, 0.5) is 0 Å². The van der Waals surface area contributed by atoms with Gasteiger partial charge in [-0.25, -0.2) is 4.79 Å². The lowest BCUT2D eigenvalue weighted by Gasteiger charge is -2.20. The van der Waals surface area contributed by atoms with Gasteiger partial charge in [0.2, 0.25) is 0 Å². The summed E-state index contributed by atoms with van der Waals surface area (Å²) >= 11 is 3.29. The molecule has 0 bridgehead atoms. The Hall–Kier alpha value is -1.86. The number of furan rings is 1. The number of methoxy groups -OCH3 is 1. The minimum atomic E-state index is -0.680. The Morgan fingerprint density at radius 2 is 1.93 bits per heavy atom. The molecule has 2 rings (SSSR count). The van der Waals surface area contributed by atoms with Crippen molar-refractivity contribution in [2.45, 2.75) is 56.2 Å². The van der Waals surface area contributed by atoms with Crippen molar-refractivity contribution in [1.29, 1.82) is 0 Å². The Labute approximate surface area is 187 Å². The van der Waals surface area contributed by atoms with Crippen molar-refractivity contribution in [2.24, 2.45) is 0 Å². The number of amides is 1. The molecule has 0 spiro atoms. The van der Waals surface area contributed by atoms with E-state index in [4.69, 9.17) is 9.15 Å². The molecule has 0 aliphatic rings. The van der Waals surface area contributed by atoms with Gasteiger partial charge in [-0.3, -0.25) is 4.79 Å². The third kappa shape index (κ3) is 6.84. The molecule has 1 atom stereocenters. The number of carbonyl (C=O) groups excluding carboxylic acids is 2. The zero-order valence-electron chi connectivity index (χ0n) is 18.5. The fourth-order valence-electron chi connectivity index (χ4n) is 2.80. The lowest BCUT2D eigenvalue weighted by molar-refractivity contribution is -0.142. The summed E-state index contributed by atoms with van der Waals surface area (Å²) in [6, 6.07) is 9.31. The maximum Gasteiger partial charge on any atom is 0.328 e. The molecule has 1 aromatic heterocycles. The number of aryl methyl sites for hydroxylation is 1. The van der Waals surface area contributed by atoms with Crippen LogP contribution in [0, 0.1) is 6.92 Å². The number of thioether (sulfide) groups is 2. The van der Waals surface area contributed by atoms with Gasteiger partial charge in [0.05, 0.1) is 12.9 Å². The number of benzene rings is 1. The monoisotopic (exact) mass is 449 g/mol. The van der Waals surface area contributed by atoms with Gasteiger partial charge in [0.15, 0.2) is 5.76 Å². The quantitative estimate of drug-likeness (QED) is 0.419. The van der Waals surface area contributed by atoms with Crippen LogP contribution in [0.3, 0.4) is 0 Å². The van der Waals surface area contributed by atoms with E-state index in [-0.39, 0.29) is 11.2 Å². The van der Waals surface area contributed by atoms with Gasteiger partial charge in [-0.1, -0.05) is 32.9 Å². The van der Waals surface area contributed by atoms with Crippen LogP contribution in [0.1, 0.15) is 54.6 Å². The normalized spacial score (nSPS) is 12.5. The predicted molar refractivity (Wildman–Crippen MR) is 124 cm³/mol. The minimum Gasteiger partial charge on any atom is -0.467 e. The summed E-state index contributed by atoms with van der Waals surface area (Å²) in [5.41, 5.74) is 2.59. The summed E-state index contributed by atoms with van der Waals surface area (Å²) in [6.45, 7) is 8.69. The average Bonchev–Trinajstić information content (AvgIpc) is 3.18. The number of hydrogen-bond acceptors (Lipinski definition) is 6. The number of esters is 1. The van der Waals surface area contributed by atoms with Gasteiger partial charge >= 0.3 is 5.97 Å². The molecule has 1 unspecified atom stereocenters. The molecule has 0 aliphatic heterocycles. The van der Waals surface area contributed by atoms with Crippen molar-refractivity contribution in [3.05, 3.63) is 53.0 Å². The zero-order chi connectivity index (χ0) is 22.3. The van der Waals surface area contributed by atoms with Gasteiger partial charge in [-0.05, 0) is 60.1 Å². The molecule has 0 saturated heterocycles. The van der Waals surface area contributed by atoms with E-state index in [9.17, 15) is 9.59 Å². The molecule has 0 aliphatic carbocycles. The summed E-state index contributed by atoms with van der Waals surface area (Å²) in [5, 5.41) is 2.71. The molecule has 0 saturated carbocycles. The minimum absolute atomic E-state index is 0.0887. The Morgan fingerprint density at radius 3 is 2.57 bits per heavy atom. The summed E-state index contributed by atoms with van der Waals surface area (Å²) in [4.78, 5) is 25.6. The van der Waals surface area contributed by atoms with Gasteiger partial charge in [-0.15, -0.1) is 11.8 Å². The number of hydrogen-bond donors (Lipinski definition) is 1. The molecular formula is C23H31NO4S2. The second kappa shape index (κ2) is 11.0. The maximum atomic E-state index is 12.5. The van der Waals surface area contributed by atoms with E-state index in [0.717, 1.165) is 5.75 Å². The highest BCUT2D eigenvalue weighted by Gasteiger charge is 2.23. The maximum absolute atomic E-state index is 12.5. The van der Waals surface area contributed by atoms with Crippen molar-refractivity contribution >= 4 is 35.4 Å². The van der Waals surface area contributed by atoms with Crippen molar-refractivity contribution in [3.8, 4) is 0 Å². The largest absolute Gasteiger partial charge is 0.467 e. The van der Waals surface area contributed by atoms with E-state index >= 15 is 0 Å². The molecule has 1 amide bonds. The van der Waals surface area contributed by atoms with Crippen LogP contribution in [-0.2, 0) is 20.7 Å². The second-order valence-electron chi connectivity index (χ2n) is 8.12. The molecular weight excluding hydrogens is 418 g/mol. The lowest BCUT2D eigenvalue weighted by Crippen LogP contribution is -2.41. The topological polar surface area (TPSA) is 68.5 Å². The van der Waals surface area contributed by atoms with Gasteiger partial charge in [0.1, 0.15) is 11.8 Å². The van der Waals surface area contributed by atoms with Gasteiger partial charge in [0, 0.05) is 4.90 Å². The van der Waals surface area contributed by atoms with Crippen LogP contribution < -0.4 is 5.32 Å². The lowest BCUT2D eigenvalue weighted by atomic mass is 9.87. The highest BCUT2D eigenvalue weighted by molar-refractivity contribution is 7.98. The standard InChI is InChI=1S/C23H31NO4S2/c1-15-7-8-16(23(2,3)4)13-20(15)30-14-17-9-10-19(28-17)21(25)24-18(11-12-29-6)22(26)27-5/h7-10,13,18H,11-12,14H2,1-6H3,(H,24,25). The van der Waals surface area contributed by atoms with Gasteiger partial charge in [-0.2, -0.15) is 11.8 Å². The average molecular weight is 450 g/mol. The fraction of sp³-hybridized carbons (Fsp3) is 0.478. The Bertz CT molecular complexity index is 870. The SMILES string of the molecule is COC(=O)C(CCSC)NC(=O)c1ccc(CSc2cc(C(C)(C)C)ccc2C)o1. The van der Waals surface area contributed by atoms with E-state index < -0.39 is 17.9 Å². The third-order valence-electron chi connectivity index (χ3n) is 4.71. The molecule has 7 heteroatoms. The molecule has 1 aromatic carbocycles. The fourth-order valence-corrected chi connectivity index (χ4v) is 4.24.